The van der Waals surface area contributed by atoms with Gasteiger partial charge in [0, 0.05) is 19.0 Å². The van der Waals surface area contributed by atoms with Crippen molar-refractivity contribution in [2.75, 3.05) is 13.1 Å². The molecule has 0 N–H and O–H groups in total. The second-order valence-corrected chi connectivity index (χ2v) is 8.15. The molecule has 1 aliphatic heterocycles. The van der Waals surface area contributed by atoms with E-state index in [9.17, 15) is 9.18 Å². The summed E-state index contributed by atoms with van der Waals surface area (Å²) < 4.78 is 18.6. The molecule has 30 heavy (non-hydrogen) atoms. The van der Waals surface area contributed by atoms with Crippen molar-refractivity contribution >= 4 is 5.91 Å². The molecule has 5 rings (SSSR count). The Hall–Kier alpha value is -3.09. The summed E-state index contributed by atoms with van der Waals surface area (Å²) in [5.74, 6) is 0.740. The Labute approximate surface area is 174 Å². The Kier molecular flexibility index (Phi) is 5.02. The number of fused-ring (bicyclic) bond motifs is 1. The van der Waals surface area contributed by atoms with E-state index < -0.39 is 5.82 Å². The van der Waals surface area contributed by atoms with Gasteiger partial charge >= 0.3 is 0 Å². The Morgan fingerprint density at radius 1 is 1.13 bits per heavy atom. The third kappa shape index (κ3) is 3.72. The van der Waals surface area contributed by atoms with Crippen LogP contribution < -0.4 is 0 Å². The maximum absolute atomic E-state index is 13.2. The first-order valence-corrected chi connectivity index (χ1v) is 10.5. The van der Waals surface area contributed by atoms with E-state index in [0.29, 0.717) is 24.0 Å². The highest BCUT2D eigenvalue weighted by Gasteiger charge is 2.33. The molecule has 1 aromatic carbocycles. The number of pyridine rings is 1. The number of hydrogen-bond donors (Lipinski definition) is 0. The summed E-state index contributed by atoms with van der Waals surface area (Å²) in [5.41, 5.74) is 3.13. The third-order valence-corrected chi connectivity index (χ3v) is 6.18. The average molecular weight is 406 g/mol. The van der Waals surface area contributed by atoms with Crippen LogP contribution >= 0.6 is 0 Å². The van der Waals surface area contributed by atoms with Crippen LogP contribution in [0.15, 0.2) is 47.1 Å². The monoisotopic (exact) mass is 406 g/mol. The molecule has 3 aromatic rings. The minimum absolute atomic E-state index is 0.0141. The molecule has 0 radical (unpaired) electrons. The first kappa shape index (κ1) is 18.9. The number of amides is 1. The topological polar surface area (TPSA) is 72.1 Å². The van der Waals surface area contributed by atoms with Gasteiger partial charge < -0.3 is 9.42 Å². The fourth-order valence-corrected chi connectivity index (χ4v) is 4.56. The first-order valence-electron chi connectivity index (χ1n) is 10.5. The van der Waals surface area contributed by atoms with Gasteiger partial charge in [-0.25, -0.2) is 9.37 Å². The molecule has 3 heterocycles. The third-order valence-electron chi connectivity index (χ3n) is 6.18. The zero-order chi connectivity index (χ0) is 20.5. The van der Waals surface area contributed by atoms with E-state index in [1.165, 1.54) is 23.3 Å². The van der Waals surface area contributed by atoms with Gasteiger partial charge in [-0.1, -0.05) is 29.4 Å². The maximum atomic E-state index is 13.2. The van der Waals surface area contributed by atoms with Crippen molar-refractivity contribution in [2.24, 2.45) is 5.92 Å². The summed E-state index contributed by atoms with van der Waals surface area (Å²) in [6.45, 7) is 1.36. The van der Waals surface area contributed by atoms with Crippen LogP contribution in [-0.4, -0.2) is 39.0 Å². The lowest BCUT2D eigenvalue weighted by Gasteiger charge is -2.35. The molecule has 6 nitrogen and oxygen atoms in total. The van der Waals surface area contributed by atoms with Gasteiger partial charge in [-0.05, 0) is 55.4 Å². The molecule has 2 aromatic heterocycles. The summed E-state index contributed by atoms with van der Waals surface area (Å²) in [6.07, 6.45) is 5.62. The molecule has 1 saturated heterocycles. The number of likely N-dealkylation sites (tertiary alicyclic amines) is 1. The van der Waals surface area contributed by atoms with Crippen molar-refractivity contribution < 1.29 is 13.7 Å². The van der Waals surface area contributed by atoms with E-state index in [1.54, 1.807) is 0 Å². The molecule has 1 amide bonds. The molecule has 7 heteroatoms. The Morgan fingerprint density at radius 3 is 2.83 bits per heavy atom. The smallest absolute Gasteiger partial charge is 0.231 e. The number of nitrogens with zero attached hydrogens (tertiary/aromatic N) is 4. The number of halogens is 1. The molecule has 2 unspecified atom stereocenters. The van der Waals surface area contributed by atoms with Crippen molar-refractivity contribution in [3.8, 4) is 11.5 Å². The van der Waals surface area contributed by atoms with Crippen molar-refractivity contribution in [3.05, 3.63) is 65.4 Å². The van der Waals surface area contributed by atoms with Gasteiger partial charge in [0.25, 0.3) is 0 Å². The Morgan fingerprint density at radius 2 is 2.00 bits per heavy atom. The molecule has 0 spiro atoms. The number of rotatable bonds is 3. The van der Waals surface area contributed by atoms with Crippen molar-refractivity contribution in [3.63, 3.8) is 0 Å². The van der Waals surface area contributed by atoms with Crippen LogP contribution in [0.4, 0.5) is 4.39 Å². The molecule has 0 bridgehead atoms. The van der Waals surface area contributed by atoms with Gasteiger partial charge in [-0.3, -0.25) is 4.79 Å². The number of piperidine rings is 1. The number of carbonyl (C=O) groups is 1. The van der Waals surface area contributed by atoms with E-state index >= 15 is 0 Å². The summed E-state index contributed by atoms with van der Waals surface area (Å²) in [5, 5.41) is 4.00. The van der Waals surface area contributed by atoms with Crippen LogP contribution in [0.1, 0.15) is 42.2 Å². The van der Waals surface area contributed by atoms with Gasteiger partial charge in [0.2, 0.25) is 17.6 Å². The SMILES string of the molecule is O=C(C1CCc2ccccc2C1)N1CCCC(c2nc(-c3ccc(F)cn3)no2)C1. The van der Waals surface area contributed by atoms with Crippen LogP contribution in [0.3, 0.4) is 0 Å². The van der Waals surface area contributed by atoms with Gasteiger partial charge in [-0.2, -0.15) is 4.98 Å². The predicted molar refractivity (Wildman–Crippen MR) is 108 cm³/mol. The Balaban J connectivity index is 1.27. The largest absolute Gasteiger partial charge is 0.342 e. The van der Waals surface area contributed by atoms with E-state index in [-0.39, 0.29) is 17.7 Å². The van der Waals surface area contributed by atoms with Crippen molar-refractivity contribution in [1.82, 2.24) is 20.0 Å². The van der Waals surface area contributed by atoms with E-state index in [0.717, 1.165) is 44.8 Å². The number of aryl methyl sites for hydroxylation is 1. The minimum Gasteiger partial charge on any atom is -0.342 e. The highest BCUT2D eigenvalue weighted by molar-refractivity contribution is 5.79. The maximum Gasteiger partial charge on any atom is 0.231 e. The lowest BCUT2D eigenvalue weighted by molar-refractivity contribution is -0.137. The molecule has 1 aliphatic carbocycles. The number of hydrogen-bond acceptors (Lipinski definition) is 5. The normalized spacial score (nSPS) is 21.3. The lowest BCUT2D eigenvalue weighted by Crippen LogP contribution is -2.43. The Bertz CT molecular complexity index is 1050. The summed E-state index contributed by atoms with van der Waals surface area (Å²) >= 11 is 0. The second-order valence-electron chi connectivity index (χ2n) is 8.15. The van der Waals surface area contributed by atoms with E-state index in [4.69, 9.17) is 4.52 Å². The summed E-state index contributed by atoms with van der Waals surface area (Å²) in [7, 11) is 0. The minimum atomic E-state index is -0.408. The average Bonchev–Trinajstić information content (AvgIpc) is 3.29. The number of carbonyl (C=O) groups excluding carboxylic acids is 1. The van der Waals surface area contributed by atoms with Crippen LogP contribution in [0.25, 0.3) is 11.5 Å². The second kappa shape index (κ2) is 7.97. The molecule has 154 valence electrons. The fraction of sp³-hybridized carbons (Fsp3) is 0.391. The number of aromatic nitrogens is 3. The quantitative estimate of drug-likeness (QED) is 0.662. The first-order chi connectivity index (χ1) is 14.7. The van der Waals surface area contributed by atoms with Crippen LogP contribution in [0, 0.1) is 11.7 Å². The summed E-state index contributed by atoms with van der Waals surface area (Å²) in [6, 6.07) is 11.3. The van der Waals surface area contributed by atoms with Crippen LogP contribution in [0.5, 0.6) is 0 Å². The lowest BCUT2D eigenvalue weighted by atomic mass is 9.82. The van der Waals surface area contributed by atoms with E-state index in [2.05, 4.69) is 33.3 Å². The van der Waals surface area contributed by atoms with Gasteiger partial charge in [0.05, 0.1) is 12.1 Å². The molecular weight excluding hydrogens is 383 g/mol. The standard InChI is InChI=1S/C23H23FN4O2/c24-19-9-10-20(25-13-19)21-26-22(30-27-21)18-6-3-11-28(14-18)23(29)17-8-7-15-4-1-2-5-16(15)12-17/h1-2,4-5,9-10,13,17-18H,3,6-8,11-12,14H2. The molecule has 2 aliphatic rings. The highest BCUT2D eigenvalue weighted by Crippen LogP contribution is 2.31. The van der Waals surface area contributed by atoms with E-state index in [1.807, 2.05) is 11.0 Å². The van der Waals surface area contributed by atoms with Crippen molar-refractivity contribution in [2.45, 2.75) is 38.0 Å². The fourth-order valence-electron chi connectivity index (χ4n) is 4.56. The zero-order valence-electron chi connectivity index (χ0n) is 16.6. The zero-order valence-corrected chi connectivity index (χ0v) is 16.6. The predicted octanol–water partition coefficient (Wildman–Crippen LogP) is 3.78. The van der Waals surface area contributed by atoms with Crippen molar-refractivity contribution in [1.29, 1.82) is 0 Å². The van der Waals surface area contributed by atoms with Crippen LogP contribution in [0.2, 0.25) is 0 Å². The summed E-state index contributed by atoms with van der Waals surface area (Å²) in [4.78, 5) is 23.7. The molecule has 2 atom stereocenters. The molecular formula is C23H23FN4O2. The number of benzene rings is 1. The molecule has 0 saturated carbocycles. The van der Waals surface area contributed by atoms with Gasteiger partial charge in [0.15, 0.2) is 0 Å². The van der Waals surface area contributed by atoms with Gasteiger partial charge in [-0.15, -0.1) is 0 Å². The highest BCUT2D eigenvalue weighted by atomic mass is 19.1. The van der Waals surface area contributed by atoms with Gasteiger partial charge in [0.1, 0.15) is 11.5 Å². The molecule has 1 fully saturated rings. The van der Waals surface area contributed by atoms with Crippen LogP contribution in [-0.2, 0) is 17.6 Å².